The van der Waals surface area contributed by atoms with E-state index >= 15 is 0 Å². The van der Waals surface area contributed by atoms with Crippen LogP contribution in [-0.2, 0) is 13.6 Å². The molecule has 0 aliphatic carbocycles. The third kappa shape index (κ3) is 1.92. The van der Waals surface area contributed by atoms with Gasteiger partial charge in [-0.05, 0) is 0 Å². The topological polar surface area (TPSA) is 105 Å². The van der Waals surface area contributed by atoms with Crippen LogP contribution in [0.5, 0.6) is 0 Å². The Labute approximate surface area is 107 Å². The fourth-order valence-corrected chi connectivity index (χ4v) is 1.81. The van der Waals surface area contributed by atoms with E-state index in [1.807, 2.05) is 0 Å². The number of rotatable bonds is 2. The first-order chi connectivity index (χ1) is 9.15. The standard InChI is InChI=1S/C11H11N7O/c1-17-11-7(4-14-17)10(12)15-8(16-11)5-18-6-13-3-2-9(18)19/h2-4,6H,5H2,1H3,(H2,12,15,16). The molecule has 0 amide bonds. The molecular formula is C11H11N7O. The lowest BCUT2D eigenvalue weighted by atomic mass is 10.4. The Balaban J connectivity index is 2.09. The van der Waals surface area contributed by atoms with E-state index in [9.17, 15) is 4.79 Å². The molecule has 8 nitrogen and oxygen atoms in total. The van der Waals surface area contributed by atoms with Crippen molar-refractivity contribution in [2.75, 3.05) is 5.73 Å². The summed E-state index contributed by atoms with van der Waals surface area (Å²) in [6.45, 7) is 0.220. The highest BCUT2D eigenvalue weighted by Gasteiger charge is 2.09. The van der Waals surface area contributed by atoms with Crippen LogP contribution in [0.4, 0.5) is 5.82 Å². The molecule has 0 saturated heterocycles. The largest absolute Gasteiger partial charge is 0.383 e. The first-order valence-electron chi connectivity index (χ1n) is 5.59. The molecule has 3 rings (SSSR count). The molecule has 0 aliphatic heterocycles. The zero-order valence-electron chi connectivity index (χ0n) is 10.2. The lowest BCUT2D eigenvalue weighted by Crippen LogP contribution is -2.20. The summed E-state index contributed by atoms with van der Waals surface area (Å²) in [5.74, 6) is 0.800. The van der Waals surface area contributed by atoms with Crippen LogP contribution in [0.15, 0.2) is 29.6 Å². The lowest BCUT2D eigenvalue weighted by Gasteiger charge is -2.05. The van der Waals surface area contributed by atoms with E-state index in [0.29, 0.717) is 22.7 Å². The Hall–Kier alpha value is -2.77. The molecule has 2 N–H and O–H groups in total. The third-order valence-electron chi connectivity index (χ3n) is 2.77. The SMILES string of the molecule is Cn1ncc2c(N)nc(Cn3cnccc3=O)nc21. The summed E-state index contributed by atoms with van der Waals surface area (Å²) in [4.78, 5) is 24.0. The molecule has 0 atom stereocenters. The Bertz CT molecular complexity index is 804. The maximum atomic E-state index is 11.6. The maximum Gasteiger partial charge on any atom is 0.253 e. The number of aryl methyl sites for hydroxylation is 1. The Morgan fingerprint density at radius 2 is 2.21 bits per heavy atom. The molecule has 0 fully saturated rings. The maximum absolute atomic E-state index is 11.6. The molecule has 0 aliphatic rings. The monoisotopic (exact) mass is 257 g/mol. The van der Waals surface area contributed by atoms with Crippen LogP contribution >= 0.6 is 0 Å². The van der Waals surface area contributed by atoms with Gasteiger partial charge in [0.05, 0.1) is 24.5 Å². The van der Waals surface area contributed by atoms with Crippen LogP contribution in [0.2, 0.25) is 0 Å². The van der Waals surface area contributed by atoms with Gasteiger partial charge in [0.2, 0.25) is 0 Å². The average molecular weight is 257 g/mol. The van der Waals surface area contributed by atoms with Crippen molar-refractivity contribution >= 4 is 16.9 Å². The molecule has 0 spiro atoms. The van der Waals surface area contributed by atoms with Crippen LogP contribution in [0.1, 0.15) is 5.82 Å². The van der Waals surface area contributed by atoms with Crippen LogP contribution < -0.4 is 11.3 Å². The second-order valence-electron chi connectivity index (χ2n) is 4.08. The number of nitrogen functional groups attached to an aromatic ring is 1. The van der Waals surface area contributed by atoms with E-state index < -0.39 is 0 Å². The highest BCUT2D eigenvalue weighted by atomic mass is 16.1. The Morgan fingerprint density at radius 1 is 1.37 bits per heavy atom. The quantitative estimate of drug-likeness (QED) is 0.666. The molecule has 0 bridgehead atoms. The van der Waals surface area contributed by atoms with Gasteiger partial charge in [-0.2, -0.15) is 5.10 Å². The summed E-state index contributed by atoms with van der Waals surface area (Å²) >= 11 is 0. The summed E-state index contributed by atoms with van der Waals surface area (Å²) in [5, 5.41) is 4.77. The molecular weight excluding hydrogens is 246 g/mol. The molecule has 0 unspecified atom stereocenters. The fraction of sp³-hybridized carbons (Fsp3) is 0.182. The van der Waals surface area contributed by atoms with Crippen molar-refractivity contribution in [1.82, 2.24) is 29.3 Å². The second-order valence-corrected chi connectivity index (χ2v) is 4.08. The van der Waals surface area contributed by atoms with Crippen molar-refractivity contribution in [1.29, 1.82) is 0 Å². The lowest BCUT2D eigenvalue weighted by molar-refractivity contribution is 0.696. The molecule has 0 aromatic carbocycles. The van der Waals surface area contributed by atoms with Gasteiger partial charge in [-0.1, -0.05) is 0 Å². The van der Waals surface area contributed by atoms with Crippen molar-refractivity contribution in [2.45, 2.75) is 6.54 Å². The Morgan fingerprint density at radius 3 is 3.00 bits per heavy atom. The molecule has 3 heterocycles. The van der Waals surface area contributed by atoms with Gasteiger partial charge in [0, 0.05) is 19.3 Å². The second kappa shape index (κ2) is 4.16. The van der Waals surface area contributed by atoms with Crippen LogP contribution in [-0.4, -0.2) is 29.3 Å². The van der Waals surface area contributed by atoms with Crippen molar-refractivity contribution in [3.63, 3.8) is 0 Å². The molecule has 3 aromatic heterocycles. The number of fused-ring (bicyclic) bond motifs is 1. The van der Waals surface area contributed by atoms with E-state index in [1.54, 1.807) is 17.9 Å². The number of nitrogens with zero attached hydrogens (tertiary/aromatic N) is 6. The number of anilines is 1. The normalized spacial score (nSPS) is 11.0. The summed E-state index contributed by atoms with van der Waals surface area (Å²) in [7, 11) is 1.77. The predicted octanol–water partition coefficient (Wildman–Crippen LogP) is -0.450. The first-order valence-corrected chi connectivity index (χ1v) is 5.59. The molecule has 8 heteroatoms. The fourth-order valence-electron chi connectivity index (χ4n) is 1.81. The summed E-state index contributed by atoms with van der Waals surface area (Å²) in [6.07, 6.45) is 4.50. The number of aromatic nitrogens is 6. The Kier molecular flexibility index (Phi) is 2.48. The van der Waals surface area contributed by atoms with E-state index in [4.69, 9.17) is 5.73 Å². The van der Waals surface area contributed by atoms with E-state index in [-0.39, 0.29) is 12.1 Å². The third-order valence-corrected chi connectivity index (χ3v) is 2.77. The molecule has 19 heavy (non-hydrogen) atoms. The van der Waals surface area contributed by atoms with E-state index in [0.717, 1.165) is 0 Å². The minimum Gasteiger partial charge on any atom is -0.383 e. The highest BCUT2D eigenvalue weighted by molar-refractivity contribution is 5.84. The average Bonchev–Trinajstić information content (AvgIpc) is 2.75. The van der Waals surface area contributed by atoms with Gasteiger partial charge in [-0.3, -0.25) is 14.0 Å². The van der Waals surface area contributed by atoms with E-state index in [1.165, 1.54) is 23.2 Å². The van der Waals surface area contributed by atoms with Gasteiger partial charge in [-0.25, -0.2) is 15.0 Å². The van der Waals surface area contributed by atoms with Crippen LogP contribution in [0, 0.1) is 0 Å². The van der Waals surface area contributed by atoms with E-state index in [2.05, 4.69) is 20.1 Å². The van der Waals surface area contributed by atoms with Gasteiger partial charge >= 0.3 is 0 Å². The molecule has 3 aromatic rings. The summed E-state index contributed by atoms with van der Waals surface area (Å²) < 4.78 is 3.03. The van der Waals surface area contributed by atoms with Crippen LogP contribution in [0.25, 0.3) is 11.0 Å². The van der Waals surface area contributed by atoms with Crippen molar-refractivity contribution < 1.29 is 0 Å². The zero-order valence-corrected chi connectivity index (χ0v) is 10.2. The molecule has 0 radical (unpaired) electrons. The van der Waals surface area contributed by atoms with Gasteiger partial charge in [0.1, 0.15) is 5.82 Å². The molecule has 96 valence electrons. The smallest absolute Gasteiger partial charge is 0.253 e. The molecule has 0 saturated carbocycles. The van der Waals surface area contributed by atoms with Gasteiger partial charge in [-0.15, -0.1) is 0 Å². The number of nitrogens with two attached hydrogens (primary N) is 1. The minimum absolute atomic E-state index is 0.165. The van der Waals surface area contributed by atoms with Gasteiger partial charge in [0.25, 0.3) is 5.56 Å². The summed E-state index contributed by atoms with van der Waals surface area (Å²) in [6, 6.07) is 1.38. The van der Waals surface area contributed by atoms with Crippen molar-refractivity contribution in [3.05, 3.63) is 41.0 Å². The predicted molar refractivity (Wildman–Crippen MR) is 68.3 cm³/mol. The van der Waals surface area contributed by atoms with Crippen LogP contribution in [0.3, 0.4) is 0 Å². The van der Waals surface area contributed by atoms with Crippen molar-refractivity contribution in [3.8, 4) is 0 Å². The van der Waals surface area contributed by atoms with Gasteiger partial charge < -0.3 is 5.73 Å². The number of hydrogen-bond acceptors (Lipinski definition) is 6. The zero-order chi connectivity index (χ0) is 13.4. The first kappa shape index (κ1) is 11.3. The minimum atomic E-state index is -0.165. The van der Waals surface area contributed by atoms with Crippen molar-refractivity contribution in [2.24, 2.45) is 7.05 Å². The summed E-state index contributed by atoms with van der Waals surface area (Å²) in [5.41, 5.74) is 6.33. The number of hydrogen-bond donors (Lipinski definition) is 1. The highest BCUT2D eigenvalue weighted by Crippen LogP contribution is 2.16. The van der Waals surface area contributed by atoms with Gasteiger partial charge in [0.15, 0.2) is 11.5 Å².